The zero-order valence-electron chi connectivity index (χ0n) is 15.7. The smallest absolute Gasteiger partial charge is 0.432 e. The second kappa shape index (κ2) is 9.49. The van der Waals surface area contributed by atoms with Crippen LogP contribution in [0.4, 0.5) is 18.9 Å². The van der Waals surface area contributed by atoms with Crippen LogP contribution in [0, 0.1) is 11.8 Å². The number of H-pyrrole nitrogens is 2. The minimum absolute atomic E-state index is 0.0403. The fourth-order valence-corrected chi connectivity index (χ4v) is 2.39. The lowest BCUT2D eigenvalue weighted by Gasteiger charge is -2.12. The molecule has 3 aromatic rings. The van der Waals surface area contributed by atoms with Crippen molar-refractivity contribution in [3.8, 4) is 29.0 Å². The Labute approximate surface area is 173 Å². The molecule has 0 atom stereocenters. The highest BCUT2D eigenvalue weighted by Gasteiger charge is 2.33. The monoisotopic (exact) mass is 432 g/mol. The first-order valence-corrected chi connectivity index (χ1v) is 8.75. The van der Waals surface area contributed by atoms with Gasteiger partial charge in [0.25, 0.3) is 0 Å². The van der Waals surface area contributed by atoms with Gasteiger partial charge in [-0.3, -0.25) is 14.7 Å². The maximum Gasteiger partial charge on any atom is 0.432 e. The summed E-state index contributed by atoms with van der Waals surface area (Å²) in [4.78, 5) is 28.5. The Bertz CT molecular complexity index is 1110. The van der Waals surface area contributed by atoms with E-state index in [0.29, 0.717) is 18.2 Å². The zero-order valence-corrected chi connectivity index (χ0v) is 15.7. The predicted octanol–water partition coefficient (Wildman–Crippen LogP) is 1.93. The molecule has 0 saturated heterocycles. The van der Waals surface area contributed by atoms with Crippen molar-refractivity contribution in [1.29, 1.82) is 0 Å². The molecular weight excluding hydrogens is 417 g/mol. The SMILES string of the molecule is O=CNCCOc1ccc(-c2ncc(C(F)(F)F)[nH]2)cc1NC(=O)C#Cc1cn[nH]c1. The fourth-order valence-electron chi connectivity index (χ4n) is 2.39. The van der Waals surface area contributed by atoms with Gasteiger partial charge >= 0.3 is 12.1 Å². The van der Waals surface area contributed by atoms with E-state index in [1.807, 2.05) is 0 Å². The van der Waals surface area contributed by atoms with Crippen molar-refractivity contribution in [2.75, 3.05) is 18.5 Å². The van der Waals surface area contributed by atoms with Gasteiger partial charge in [0.2, 0.25) is 6.41 Å². The molecule has 0 spiro atoms. The highest BCUT2D eigenvalue weighted by atomic mass is 19.4. The number of imidazole rings is 1. The highest BCUT2D eigenvalue weighted by molar-refractivity contribution is 6.05. The van der Waals surface area contributed by atoms with Gasteiger partial charge in [0.1, 0.15) is 23.9 Å². The van der Waals surface area contributed by atoms with Gasteiger partial charge in [-0.1, -0.05) is 5.92 Å². The third-order valence-electron chi connectivity index (χ3n) is 3.79. The standard InChI is InChI=1S/C19H15F3N6O3/c20-19(21,22)16-10-24-18(28-16)13-2-3-15(31-6-5-23-11-29)14(7-13)27-17(30)4-1-12-8-25-26-9-12/h2-3,7-11H,5-6H2,(H,23,29)(H,24,28)(H,25,26)(H,27,30). The molecule has 1 aromatic carbocycles. The van der Waals surface area contributed by atoms with Crippen LogP contribution in [0.2, 0.25) is 0 Å². The summed E-state index contributed by atoms with van der Waals surface area (Å²) in [7, 11) is 0. The second-order valence-electron chi connectivity index (χ2n) is 5.97. The van der Waals surface area contributed by atoms with Gasteiger partial charge in [-0.15, -0.1) is 0 Å². The molecule has 160 valence electrons. The summed E-state index contributed by atoms with van der Waals surface area (Å²) in [6.07, 6.45) is -0.440. The molecule has 9 nitrogen and oxygen atoms in total. The van der Waals surface area contributed by atoms with Crippen LogP contribution in [-0.2, 0) is 15.8 Å². The summed E-state index contributed by atoms with van der Waals surface area (Å²) < 4.78 is 44.0. The number of carbonyl (C=O) groups is 2. The molecule has 2 aromatic heterocycles. The molecule has 31 heavy (non-hydrogen) atoms. The van der Waals surface area contributed by atoms with Crippen molar-refractivity contribution in [3.05, 3.63) is 48.0 Å². The molecule has 0 unspecified atom stereocenters. The van der Waals surface area contributed by atoms with Gasteiger partial charge in [-0.05, 0) is 18.2 Å². The normalized spacial score (nSPS) is 10.7. The largest absolute Gasteiger partial charge is 0.490 e. The second-order valence-corrected chi connectivity index (χ2v) is 5.97. The van der Waals surface area contributed by atoms with E-state index in [9.17, 15) is 22.8 Å². The molecule has 0 aliphatic rings. The van der Waals surface area contributed by atoms with E-state index in [1.54, 1.807) is 0 Å². The van der Waals surface area contributed by atoms with Crippen LogP contribution >= 0.6 is 0 Å². The minimum atomic E-state index is -4.57. The molecule has 0 fully saturated rings. The van der Waals surface area contributed by atoms with Crippen LogP contribution in [-0.4, -0.2) is 45.6 Å². The number of nitrogens with zero attached hydrogens (tertiary/aromatic N) is 2. The first kappa shape index (κ1) is 21.4. The Balaban J connectivity index is 1.85. The lowest BCUT2D eigenvalue weighted by molar-refractivity contribution is -0.140. The van der Waals surface area contributed by atoms with E-state index >= 15 is 0 Å². The van der Waals surface area contributed by atoms with E-state index in [0.717, 1.165) is 0 Å². The van der Waals surface area contributed by atoms with Gasteiger partial charge in [0, 0.05) is 17.7 Å². The molecule has 0 aliphatic heterocycles. The van der Waals surface area contributed by atoms with Crippen LogP contribution < -0.4 is 15.4 Å². The first-order valence-electron chi connectivity index (χ1n) is 8.75. The number of hydrogen-bond donors (Lipinski definition) is 4. The Morgan fingerprint density at radius 1 is 1.29 bits per heavy atom. The number of benzene rings is 1. The number of aromatic amines is 2. The lowest BCUT2D eigenvalue weighted by Crippen LogP contribution is -2.19. The van der Waals surface area contributed by atoms with Crippen molar-refractivity contribution in [2.45, 2.75) is 6.18 Å². The van der Waals surface area contributed by atoms with Crippen LogP contribution in [0.1, 0.15) is 11.3 Å². The number of nitrogens with one attached hydrogen (secondary N) is 4. The molecule has 0 saturated carbocycles. The Morgan fingerprint density at radius 3 is 2.81 bits per heavy atom. The van der Waals surface area contributed by atoms with Crippen LogP contribution in [0.15, 0.2) is 36.8 Å². The highest BCUT2D eigenvalue weighted by Crippen LogP contribution is 2.32. The van der Waals surface area contributed by atoms with Crippen LogP contribution in [0.5, 0.6) is 5.75 Å². The number of amides is 2. The molecule has 0 aliphatic carbocycles. The molecule has 3 rings (SSSR count). The molecule has 12 heteroatoms. The van der Waals surface area contributed by atoms with E-state index < -0.39 is 17.8 Å². The number of alkyl halides is 3. The minimum Gasteiger partial charge on any atom is -0.490 e. The maximum absolute atomic E-state index is 12.8. The number of rotatable bonds is 7. The molecule has 4 N–H and O–H groups in total. The van der Waals surface area contributed by atoms with Gasteiger partial charge in [-0.2, -0.15) is 18.3 Å². The van der Waals surface area contributed by atoms with Crippen molar-refractivity contribution in [1.82, 2.24) is 25.5 Å². The van der Waals surface area contributed by atoms with Gasteiger partial charge in [-0.25, -0.2) is 4.98 Å². The van der Waals surface area contributed by atoms with E-state index in [-0.39, 0.29) is 36.0 Å². The topological polar surface area (TPSA) is 125 Å². The molecule has 2 heterocycles. The third-order valence-corrected chi connectivity index (χ3v) is 3.79. The number of anilines is 1. The zero-order chi connectivity index (χ0) is 22.3. The predicted molar refractivity (Wildman–Crippen MR) is 103 cm³/mol. The van der Waals surface area contributed by atoms with Crippen LogP contribution in [0.3, 0.4) is 0 Å². The van der Waals surface area contributed by atoms with E-state index in [2.05, 4.69) is 42.6 Å². The van der Waals surface area contributed by atoms with Crippen molar-refractivity contribution < 1.29 is 27.5 Å². The maximum atomic E-state index is 12.8. The van der Waals surface area contributed by atoms with Gasteiger partial charge in [0.05, 0.1) is 30.2 Å². The van der Waals surface area contributed by atoms with Crippen LogP contribution in [0.25, 0.3) is 11.4 Å². The van der Waals surface area contributed by atoms with E-state index in [4.69, 9.17) is 4.74 Å². The Hall–Kier alpha value is -4.27. The molecule has 0 radical (unpaired) electrons. The summed E-state index contributed by atoms with van der Waals surface area (Å²) in [5.41, 5.74) is -0.0538. The summed E-state index contributed by atoms with van der Waals surface area (Å²) in [6, 6.07) is 4.35. The number of ether oxygens (including phenoxy) is 1. The fraction of sp³-hybridized carbons (Fsp3) is 0.158. The van der Waals surface area contributed by atoms with E-state index in [1.165, 1.54) is 30.6 Å². The number of hydrogen-bond acceptors (Lipinski definition) is 5. The Kier molecular flexibility index (Phi) is 6.56. The summed E-state index contributed by atoms with van der Waals surface area (Å²) in [5, 5.41) is 11.2. The lowest BCUT2D eigenvalue weighted by atomic mass is 10.1. The molecular formula is C19H15F3N6O3. The van der Waals surface area contributed by atoms with Crippen molar-refractivity contribution in [2.24, 2.45) is 0 Å². The number of aromatic nitrogens is 4. The van der Waals surface area contributed by atoms with Gasteiger partial charge in [0.15, 0.2) is 0 Å². The average molecular weight is 432 g/mol. The summed E-state index contributed by atoms with van der Waals surface area (Å²) in [5.74, 6) is 4.49. The van der Waals surface area contributed by atoms with Crippen molar-refractivity contribution in [3.63, 3.8) is 0 Å². The summed E-state index contributed by atoms with van der Waals surface area (Å²) in [6.45, 7) is 0.312. The first-order chi connectivity index (χ1) is 14.9. The quantitative estimate of drug-likeness (QED) is 0.258. The molecule has 2 amide bonds. The third kappa shape index (κ3) is 5.86. The number of halogens is 3. The average Bonchev–Trinajstić information content (AvgIpc) is 3.42. The molecule has 0 bridgehead atoms. The number of carbonyl (C=O) groups excluding carboxylic acids is 2. The van der Waals surface area contributed by atoms with Crippen molar-refractivity contribution >= 4 is 18.0 Å². The van der Waals surface area contributed by atoms with Gasteiger partial charge < -0.3 is 20.4 Å². The Morgan fingerprint density at radius 2 is 2.13 bits per heavy atom. The summed E-state index contributed by atoms with van der Waals surface area (Å²) >= 11 is 0.